The molecule has 1 aromatic rings. The third-order valence-corrected chi connectivity index (χ3v) is 3.85. The Morgan fingerprint density at radius 3 is 2.57 bits per heavy atom. The number of benzene rings is 1. The number of likely N-dealkylation sites (tertiary alicyclic amines) is 1. The van der Waals surface area contributed by atoms with Crippen LogP contribution >= 0.6 is 0 Å². The molecule has 5 nitrogen and oxygen atoms in total. The van der Waals surface area contributed by atoms with Crippen molar-refractivity contribution in [1.82, 2.24) is 4.90 Å². The number of alkyl halides is 2. The summed E-state index contributed by atoms with van der Waals surface area (Å²) in [6, 6.07) is 6.86. The highest BCUT2D eigenvalue weighted by atomic mass is 19.3. The molecule has 0 amide bonds. The largest absolute Gasteiger partial charge is 0.483 e. The van der Waals surface area contributed by atoms with Crippen molar-refractivity contribution in [2.24, 2.45) is 5.92 Å². The molecule has 2 N–H and O–H groups in total. The Morgan fingerprint density at radius 2 is 2.04 bits per heavy atom. The Kier molecular flexibility index (Phi) is 7.38. The van der Waals surface area contributed by atoms with Gasteiger partial charge >= 0.3 is 6.61 Å². The van der Waals surface area contributed by atoms with Gasteiger partial charge in [0.15, 0.2) is 0 Å². The molecule has 23 heavy (non-hydrogen) atoms. The van der Waals surface area contributed by atoms with Gasteiger partial charge in [0.1, 0.15) is 5.75 Å². The maximum Gasteiger partial charge on any atom is 0.387 e. The van der Waals surface area contributed by atoms with Gasteiger partial charge in [-0.05, 0) is 32.9 Å². The minimum atomic E-state index is -2.81. The van der Waals surface area contributed by atoms with Crippen molar-refractivity contribution in [3.63, 3.8) is 0 Å². The predicted octanol–water partition coefficient (Wildman–Crippen LogP) is 2.58. The molecular formula is C16H23F2NO4. The highest BCUT2D eigenvalue weighted by Crippen LogP contribution is 2.29. The number of nitrogens with zero attached hydrogens (tertiary/aromatic N) is 1. The fourth-order valence-corrected chi connectivity index (χ4v) is 2.64. The number of hydrogen-bond acceptors (Lipinski definition) is 4. The molecule has 1 unspecified atom stereocenters. The summed E-state index contributed by atoms with van der Waals surface area (Å²) in [5.41, 5.74) is 0.0532. The van der Waals surface area contributed by atoms with Gasteiger partial charge in [0.2, 0.25) is 0 Å². The molecule has 0 bridgehead atoms. The van der Waals surface area contributed by atoms with E-state index in [1.165, 1.54) is 0 Å². The fourth-order valence-electron chi connectivity index (χ4n) is 2.64. The van der Waals surface area contributed by atoms with Gasteiger partial charge in [-0.15, -0.1) is 0 Å². The molecule has 130 valence electrons. The van der Waals surface area contributed by atoms with Gasteiger partial charge in [0.05, 0.1) is 5.60 Å². The van der Waals surface area contributed by atoms with Crippen molar-refractivity contribution >= 4 is 6.47 Å². The SMILES string of the molecule is CC(C)(O)C1CCN(Cc2ccccc2OC(F)F)C1.O=CO. The first-order valence-corrected chi connectivity index (χ1v) is 7.33. The van der Waals surface area contributed by atoms with Crippen LogP contribution in [-0.4, -0.2) is 46.9 Å². The minimum Gasteiger partial charge on any atom is -0.483 e. The van der Waals surface area contributed by atoms with E-state index < -0.39 is 12.2 Å². The van der Waals surface area contributed by atoms with E-state index in [1.807, 2.05) is 19.9 Å². The Balaban J connectivity index is 0.000000816. The molecule has 1 heterocycles. The topological polar surface area (TPSA) is 70.0 Å². The van der Waals surface area contributed by atoms with Gasteiger partial charge in [-0.3, -0.25) is 9.69 Å². The number of aliphatic hydroxyl groups is 1. The van der Waals surface area contributed by atoms with Crippen LogP contribution in [0.4, 0.5) is 8.78 Å². The van der Waals surface area contributed by atoms with Crippen molar-refractivity contribution in [2.45, 2.75) is 39.0 Å². The summed E-state index contributed by atoms with van der Waals surface area (Å²) in [4.78, 5) is 10.5. The Morgan fingerprint density at radius 1 is 1.43 bits per heavy atom. The molecule has 0 aromatic heterocycles. The molecule has 7 heteroatoms. The van der Waals surface area contributed by atoms with Gasteiger partial charge in [0, 0.05) is 24.6 Å². The molecule has 0 spiro atoms. The van der Waals surface area contributed by atoms with E-state index in [4.69, 9.17) is 9.90 Å². The lowest BCUT2D eigenvalue weighted by molar-refractivity contribution is -0.122. The third kappa shape index (κ3) is 6.50. The standard InChI is InChI=1S/C15H21F2NO2.CH2O2/c1-15(2,19)12-7-8-18(10-12)9-11-5-3-4-6-13(11)20-14(16)17;2-1-3/h3-6,12,14,19H,7-10H2,1-2H3;1H,(H,2,3). The molecule has 1 atom stereocenters. The molecule has 0 radical (unpaired) electrons. The van der Waals surface area contributed by atoms with Crippen molar-refractivity contribution < 1.29 is 28.5 Å². The van der Waals surface area contributed by atoms with Gasteiger partial charge in [0.25, 0.3) is 6.47 Å². The second kappa shape index (κ2) is 8.79. The highest BCUT2D eigenvalue weighted by Gasteiger charge is 2.33. The number of ether oxygens (including phenoxy) is 1. The molecule has 0 aliphatic carbocycles. The highest BCUT2D eigenvalue weighted by molar-refractivity contribution is 5.33. The molecule has 1 aliphatic rings. The summed E-state index contributed by atoms with van der Waals surface area (Å²) in [6.07, 6.45) is 0.918. The second-order valence-electron chi connectivity index (χ2n) is 5.97. The van der Waals surface area contributed by atoms with Crippen LogP contribution in [0, 0.1) is 5.92 Å². The number of halogens is 2. The molecule has 1 saturated heterocycles. The molecule has 1 aromatic carbocycles. The summed E-state index contributed by atoms with van der Waals surface area (Å²) in [5, 5.41) is 16.9. The lowest BCUT2D eigenvalue weighted by Crippen LogP contribution is -2.33. The first-order chi connectivity index (χ1) is 10.8. The average molecular weight is 331 g/mol. The van der Waals surface area contributed by atoms with E-state index in [1.54, 1.807) is 18.2 Å². The molecule has 1 fully saturated rings. The molecule has 2 rings (SSSR count). The van der Waals surface area contributed by atoms with Gasteiger partial charge in [-0.1, -0.05) is 18.2 Å². The second-order valence-corrected chi connectivity index (χ2v) is 5.97. The van der Waals surface area contributed by atoms with Gasteiger partial charge in [-0.2, -0.15) is 8.78 Å². The maximum atomic E-state index is 12.4. The maximum absolute atomic E-state index is 12.4. The fraction of sp³-hybridized carbons (Fsp3) is 0.562. The summed E-state index contributed by atoms with van der Waals surface area (Å²) in [7, 11) is 0. The Bertz CT molecular complexity index is 491. The van der Waals surface area contributed by atoms with E-state index in [9.17, 15) is 13.9 Å². The number of carbonyl (C=O) groups is 1. The normalized spacial score (nSPS) is 18.4. The third-order valence-electron chi connectivity index (χ3n) is 3.85. The molecular weight excluding hydrogens is 308 g/mol. The van der Waals surface area contributed by atoms with Crippen LogP contribution in [0.5, 0.6) is 5.75 Å². The van der Waals surface area contributed by atoms with Crippen LogP contribution in [0.1, 0.15) is 25.8 Å². The van der Waals surface area contributed by atoms with E-state index in [0.29, 0.717) is 6.54 Å². The van der Waals surface area contributed by atoms with Crippen LogP contribution in [0.25, 0.3) is 0 Å². The van der Waals surface area contributed by atoms with Gasteiger partial charge in [-0.25, -0.2) is 0 Å². The zero-order valence-electron chi connectivity index (χ0n) is 13.3. The van der Waals surface area contributed by atoms with Crippen molar-refractivity contribution in [2.75, 3.05) is 13.1 Å². The number of para-hydroxylation sites is 1. The lowest BCUT2D eigenvalue weighted by atomic mass is 9.90. The smallest absolute Gasteiger partial charge is 0.387 e. The van der Waals surface area contributed by atoms with Crippen LogP contribution in [-0.2, 0) is 11.3 Å². The van der Waals surface area contributed by atoms with Crippen molar-refractivity contribution in [3.8, 4) is 5.75 Å². The van der Waals surface area contributed by atoms with Crippen LogP contribution in [0.15, 0.2) is 24.3 Å². The quantitative estimate of drug-likeness (QED) is 0.812. The van der Waals surface area contributed by atoms with E-state index in [2.05, 4.69) is 9.64 Å². The summed E-state index contributed by atoms with van der Waals surface area (Å²) in [6.45, 7) is 2.77. The van der Waals surface area contributed by atoms with Crippen molar-refractivity contribution in [3.05, 3.63) is 29.8 Å². The zero-order valence-corrected chi connectivity index (χ0v) is 13.3. The number of hydrogen-bond donors (Lipinski definition) is 2. The number of carboxylic acid groups (broad SMARTS) is 1. The number of rotatable bonds is 5. The molecule has 0 saturated carbocycles. The Labute approximate surface area is 134 Å². The first-order valence-electron chi connectivity index (χ1n) is 7.33. The van der Waals surface area contributed by atoms with Crippen LogP contribution < -0.4 is 4.74 Å². The monoisotopic (exact) mass is 331 g/mol. The van der Waals surface area contributed by atoms with Gasteiger partial charge < -0.3 is 14.9 Å². The molecule has 1 aliphatic heterocycles. The first kappa shape index (κ1) is 19.3. The minimum absolute atomic E-state index is 0.214. The van der Waals surface area contributed by atoms with Crippen LogP contribution in [0.2, 0.25) is 0 Å². The summed E-state index contributed by atoms with van der Waals surface area (Å²) in [5.74, 6) is 0.444. The van der Waals surface area contributed by atoms with E-state index in [-0.39, 0.29) is 18.1 Å². The lowest BCUT2D eigenvalue weighted by Gasteiger charge is -2.26. The van der Waals surface area contributed by atoms with Crippen LogP contribution in [0.3, 0.4) is 0 Å². The van der Waals surface area contributed by atoms with Crippen molar-refractivity contribution in [1.29, 1.82) is 0 Å². The van der Waals surface area contributed by atoms with E-state index >= 15 is 0 Å². The average Bonchev–Trinajstić information content (AvgIpc) is 2.90. The zero-order chi connectivity index (χ0) is 17.5. The van der Waals surface area contributed by atoms with E-state index in [0.717, 1.165) is 25.1 Å². The summed E-state index contributed by atoms with van der Waals surface area (Å²) < 4.78 is 29.3. The summed E-state index contributed by atoms with van der Waals surface area (Å²) >= 11 is 0. The predicted molar refractivity (Wildman–Crippen MR) is 81.4 cm³/mol. The Hall–Kier alpha value is -1.73.